The Morgan fingerprint density at radius 2 is 1.96 bits per heavy atom. The van der Waals surface area contributed by atoms with E-state index in [4.69, 9.17) is 4.74 Å². The van der Waals surface area contributed by atoms with Crippen LogP contribution in [0.3, 0.4) is 0 Å². The van der Waals surface area contributed by atoms with Crippen LogP contribution in [0.2, 0.25) is 0 Å². The Balaban J connectivity index is 1.86. The van der Waals surface area contributed by atoms with Gasteiger partial charge in [0, 0.05) is 17.8 Å². The molecule has 6 heteroatoms. The lowest BCUT2D eigenvalue weighted by Gasteiger charge is -2.22. The van der Waals surface area contributed by atoms with Crippen molar-refractivity contribution >= 4 is 28.6 Å². The van der Waals surface area contributed by atoms with Crippen molar-refractivity contribution in [2.24, 2.45) is 0 Å². The summed E-state index contributed by atoms with van der Waals surface area (Å²) < 4.78 is 4.97. The van der Waals surface area contributed by atoms with Gasteiger partial charge in [-0.1, -0.05) is 18.2 Å². The summed E-state index contributed by atoms with van der Waals surface area (Å²) in [5.41, 5.74) is 2.87. The fourth-order valence-corrected chi connectivity index (χ4v) is 2.62. The summed E-state index contributed by atoms with van der Waals surface area (Å²) in [7, 11) is 0. The topological polar surface area (TPSA) is 75.3 Å². The van der Waals surface area contributed by atoms with Crippen molar-refractivity contribution in [1.82, 2.24) is 9.97 Å². The number of hydrogen-bond donors (Lipinski definition) is 1. The van der Waals surface area contributed by atoms with Crippen LogP contribution in [0.4, 0.5) is 5.69 Å². The molecule has 1 N–H and O–H groups in total. The number of rotatable bonds is 6. The number of carbonyl (C=O) groups excluding carboxylic acids is 2. The SMILES string of the molecule is CCOC(=O)CCN(C(=O)c1ccc2nc[nH]c2c1)c1ccccc1. The predicted octanol–water partition coefficient (Wildman–Crippen LogP) is 3.16. The Bertz CT molecular complexity index is 874. The highest BCUT2D eigenvalue weighted by molar-refractivity contribution is 6.07. The van der Waals surface area contributed by atoms with E-state index in [0.29, 0.717) is 12.2 Å². The number of nitrogens with one attached hydrogen (secondary N) is 1. The molecule has 0 aliphatic carbocycles. The van der Waals surface area contributed by atoms with Crippen LogP contribution >= 0.6 is 0 Å². The highest BCUT2D eigenvalue weighted by Crippen LogP contribution is 2.19. The number of H-pyrrole nitrogens is 1. The van der Waals surface area contributed by atoms with Crippen LogP contribution in [0.5, 0.6) is 0 Å². The van der Waals surface area contributed by atoms with E-state index >= 15 is 0 Å². The first-order valence-electron chi connectivity index (χ1n) is 8.14. The van der Waals surface area contributed by atoms with Gasteiger partial charge in [-0.3, -0.25) is 9.59 Å². The van der Waals surface area contributed by atoms with E-state index in [0.717, 1.165) is 16.7 Å². The number of anilines is 1. The Hall–Kier alpha value is -3.15. The van der Waals surface area contributed by atoms with Gasteiger partial charge in [0.1, 0.15) is 0 Å². The molecule has 1 heterocycles. The first-order valence-corrected chi connectivity index (χ1v) is 8.14. The molecular formula is C19H19N3O3. The molecule has 0 aliphatic rings. The van der Waals surface area contributed by atoms with E-state index in [1.165, 1.54) is 0 Å². The van der Waals surface area contributed by atoms with Crippen LogP contribution in [0, 0.1) is 0 Å². The average molecular weight is 337 g/mol. The van der Waals surface area contributed by atoms with Gasteiger partial charge in [-0.15, -0.1) is 0 Å². The molecule has 0 fully saturated rings. The standard InChI is InChI=1S/C19H19N3O3/c1-2-25-18(23)10-11-22(15-6-4-3-5-7-15)19(24)14-8-9-16-17(12-14)21-13-20-16/h3-9,12-13H,2,10-11H2,1H3,(H,20,21). The van der Waals surface area contributed by atoms with Crippen molar-refractivity contribution in [3.05, 3.63) is 60.4 Å². The summed E-state index contributed by atoms with van der Waals surface area (Å²) in [5.74, 6) is -0.493. The molecule has 0 radical (unpaired) electrons. The second-order valence-electron chi connectivity index (χ2n) is 5.48. The summed E-state index contributed by atoms with van der Waals surface area (Å²) in [6.45, 7) is 2.34. The maximum Gasteiger partial charge on any atom is 0.307 e. The molecule has 1 amide bonds. The highest BCUT2D eigenvalue weighted by atomic mass is 16.5. The van der Waals surface area contributed by atoms with Crippen LogP contribution in [0.25, 0.3) is 11.0 Å². The molecule has 0 saturated carbocycles. The summed E-state index contributed by atoms with van der Waals surface area (Å²) in [6, 6.07) is 14.6. The number of para-hydroxylation sites is 1. The number of ether oxygens (including phenoxy) is 1. The maximum absolute atomic E-state index is 13.0. The van der Waals surface area contributed by atoms with Gasteiger partial charge < -0.3 is 14.6 Å². The number of amides is 1. The number of carbonyl (C=O) groups is 2. The van der Waals surface area contributed by atoms with Crippen molar-refractivity contribution in [2.75, 3.05) is 18.1 Å². The minimum absolute atomic E-state index is 0.140. The van der Waals surface area contributed by atoms with E-state index in [9.17, 15) is 9.59 Å². The first-order chi connectivity index (χ1) is 12.2. The normalized spacial score (nSPS) is 10.6. The molecule has 128 valence electrons. The fourth-order valence-electron chi connectivity index (χ4n) is 2.62. The number of hydrogen-bond acceptors (Lipinski definition) is 4. The Morgan fingerprint density at radius 3 is 2.72 bits per heavy atom. The van der Waals surface area contributed by atoms with Crippen molar-refractivity contribution in [2.45, 2.75) is 13.3 Å². The van der Waals surface area contributed by atoms with Crippen molar-refractivity contribution in [3.63, 3.8) is 0 Å². The lowest BCUT2D eigenvalue weighted by atomic mass is 10.1. The lowest BCUT2D eigenvalue weighted by Crippen LogP contribution is -2.33. The third kappa shape index (κ3) is 3.85. The second kappa shape index (κ2) is 7.61. The van der Waals surface area contributed by atoms with Crippen LogP contribution in [0.1, 0.15) is 23.7 Å². The molecule has 0 bridgehead atoms. The second-order valence-corrected chi connectivity index (χ2v) is 5.48. The van der Waals surface area contributed by atoms with Crippen molar-refractivity contribution in [3.8, 4) is 0 Å². The average Bonchev–Trinajstić information content (AvgIpc) is 3.10. The quantitative estimate of drug-likeness (QED) is 0.701. The van der Waals surface area contributed by atoms with E-state index in [-0.39, 0.29) is 24.8 Å². The summed E-state index contributed by atoms with van der Waals surface area (Å²) in [4.78, 5) is 33.5. The Kier molecular flexibility index (Phi) is 5.09. The molecule has 3 aromatic rings. The number of fused-ring (bicyclic) bond motifs is 1. The van der Waals surface area contributed by atoms with Crippen molar-refractivity contribution in [1.29, 1.82) is 0 Å². The van der Waals surface area contributed by atoms with E-state index in [1.54, 1.807) is 36.4 Å². The van der Waals surface area contributed by atoms with E-state index in [1.807, 2.05) is 30.3 Å². The zero-order valence-electron chi connectivity index (χ0n) is 13.9. The summed E-state index contributed by atoms with van der Waals surface area (Å²) in [6.07, 6.45) is 1.73. The van der Waals surface area contributed by atoms with Crippen LogP contribution in [-0.2, 0) is 9.53 Å². The maximum atomic E-state index is 13.0. The third-order valence-corrected chi connectivity index (χ3v) is 3.83. The smallest absolute Gasteiger partial charge is 0.307 e. The zero-order valence-corrected chi connectivity index (χ0v) is 13.9. The molecule has 0 spiro atoms. The molecule has 2 aromatic carbocycles. The number of benzene rings is 2. The molecule has 25 heavy (non-hydrogen) atoms. The Morgan fingerprint density at radius 1 is 1.16 bits per heavy atom. The summed E-state index contributed by atoms with van der Waals surface area (Å²) in [5, 5.41) is 0. The monoisotopic (exact) mass is 337 g/mol. The van der Waals surface area contributed by atoms with E-state index < -0.39 is 0 Å². The minimum Gasteiger partial charge on any atom is -0.466 e. The van der Waals surface area contributed by atoms with Gasteiger partial charge in [0.15, 0.2) is 0 Å². The number of aromatic nitrogens is 2. The van der Waals surface area contributed by atoms with Crippen LogP contribution in [-0.4, -0.2) is 35.0 Å². The number of imidazole rings is 1. The van der Waals surface area contributed by atoms with Crippen molar-refractivity contribution < 1.29 is 14.3 Å². The number of nitrogens with zero attached hydrogens (tertiary/aromatic N) is 2. The molecule has 0 saturated heterocycles. The third-order valence-electron chi connectivity index (χ3n) is 3.83. The highest BCUT2D eigenvalue weighted by Gasteiger charge is 2.19. The van der Waals surface area contributed by atoms with Crippen LogP contribution in [0.15, 0.2) is 54.9 Å². The molecule has 0 unspecified atom stereocenters. The van der Waals surface area contributed by atoms with Crippen LogP contribution < -0.4 is 4.90 Å². The number of aromatic amines is 1. The van der Waals surface area contributed by atoms with Gasteiger partial charge in [-0.05, 0) is 37.3 Å². The fraction of sp³-hybridized carbons (Fsp3) is 0.211. The molecule has 3 rings (SSSR count). The lowest BCUT2D eigenvalue weighted by molar-refractivity contribution is -0.142. The largest absolute Gasteiger partial charge is 0.466 e. The molecule has 6 nitrogen and oxygen atoms in total. The van der Waals surface area contributed by atoms with Gasteiger partial charge >= 0.3 is 5.97 Å². The zero-order chi connectivity index (χ0) is 17.6. The van der Waals surface area contributed by atoms with Gasteiger partial charge in [-0.2, -0.15) is 0 Å². The minimum atomic E-state index is -0.319. The van der Waals surface area contributed by atoms with Gasteiger partial charge in [0.2, 0.25) is 0 Å². The molecule has 0 atom stereocenters. The molecule has 0 aliphatic heterocycles. The van der Waals surface area contributed by atoms with Gasteiger partial charge in [-0.25, -0.2) is 4.98 Å². The molecule has 1 aromatic heterocycles. The molecular weight excluding hydrogens is 318 g/mol. The predicted molar refractivity (Wildman–Crippen MR) is 95.5 cm³/mol. The van der Waals surface area contributed by atoms with Gasteiger partial charge in [0.25, 0.3) is 5.91 Å². The first kappa shape index (κ1) is 16.7. The number of esters is 1. The summed E-state index contributed by atoms with van der Waals surface area (Å²) >= 11 is 0. The van der Waals surface area contributed by atoms with Gasteiger partial charge in [0.05, 0.1) is 30.4 Å². The van der Waals surface area contributed by atoms with E-state index in [2.05, 4.69) is 9.97 Å². The Labute approximate surface area is 145 Å².